The standard InChI is InChI=1S/C13H16N4O3S/c1-8(14-13(18)12-15-9(2)16-17-12)10-4-6-11(7-5-10)21(3,19)20/h4-8H,1-3H3,(H,14,18)(H,15,16,17). The molecular weight excluding hydrogens is 292 g/mol. The number of hydrogen-bond donors (Lipinski definition) is 2. The Kier molecular flexibility index (Phi) is 4.08. The second kappa shape index (κ2) is 5.65. The SMILES string of the molecule is Cc1nc(C(=O)NC(C)c2ccc(S(C)(=O)=O)cc2)n[nH]1. The van der Waals surface area contributed by atoms with Gasteiger partial charge in [-0.25, -0.2) is 13.4 Å². The Bertz CT molecular complexity index is 750. The largest absolute Gasteiger partial charge is 0.343 e. The summed E-state index contributed by atoms with van der Waals surface area (Å²) in [7, 11) is -3.22. The van der Waals surface area contributed by atoms with E-state index in [9.17, 15) is 13.2 Å². The van der Waals surface area contributed by atoms with Crippen LogP contribution >= 0.6 is 0 Å². The summed E-state index contributed by atoms with van der Waals surface area (Å²) in [6, 6.07) is 6.09. The first-order valence-corrected chi connectivity index (χ1v) is 8.16. The second-order valence-electron chi connectivity index (χ2n) is 4.78. The minimum absolute atomic E-state index is 0.0760. The first-order valence-electron chi connectivity index (χ1n) is 6.27. The number of aryl methyl sites for hydroxylation is 1. The third-order valence-corrected chi connectivity index (χ3v) is 4.08. The van der Waals surface area contributed by atoms with E-state index < -0.39 is 9.84 Å². The zero-order valence-corrected chi connectivity index (χ0v) is 12.7. The van der Waals surface area contributed by atoms with Gasteiger partial charge in [0.2, 0.25) is 5.82 Å². The van der Waals surface area contributed by atoms with Crippen molar-refractivity contribution in [3.8, 4) is 0 Å². The molecule has 1 aromatic carbocycles. The predicted molar refractivity (Wildman–Crippen MR) is 76.6 cm³/mol. The molecule has 1 unspecified atom stereocenters. The second-order valence-corrected chi connectivity index (χ2v) is 6.80. The number of amides is 1. The molecule has 0 saturated heterocycles. The summed E-state index contributed by atoms with van der Waals surface area (Å²) in [6.07, 6.45) is 1.15. The molecule has 2 aromatic rings. The van der Waals surface area contributed by atoms with Crippen molar-refractivity contribution >= 4 is 15.7 Å². The number of nitrogens with one attached hydrogen (secondary N) is 2. The van der Waals surface area contributed by atoms with E-state index >= 15 is 0 Å². The molecular formula is C13H16N4O3S. The number of hydrogen-bond acceptors (Lipinski definition) is 5. The van der Waals surface area contributed by atoms with E-state index in [4.69, 9.17) is 0 Å². The smallest absolute Gasteiger partial charge is 0.291 e. The van der Waals surface area contributed by atoms with Gasteiger partial charge in [-0.05, 0) is 31.5 Å². The molecule has 2 N–H and O–H groups in total. The molecule has 7 nitrogen and oxygen atoms in total. The van der Waals surface area contributed by atoms with Gasteiger partial charge in [-0.1, -0.05) is 12.1 Å². The lowest BCUT2D eigenvalue weighted by Gasteiger charge is -2.13. The number of sulfone groups is 1. The number of nitrogens with zero attached hydrogens (tertiary/aromatic N) is 2. The molecule has 1 atom stereocenters. The molecule has 21 heavy (non-hydrogen) atoms. The number of H-pyrrole nitrogens is 1. The lowest BCUT2D eigenvalue weighted by atomic mass is 10.1. The molecule has 0 aliphatic heterocycles. The zero-order chi connectivity index (χ0) is 15.6. The summed E-state index contributed by atoms with van der Waals surface area (Å²) >= 11 is 0. The number of rotatable bonds is 4. The van der Waals surface area contributed by atoms with E-state index in [-0.39, 0.29) is 22.7 Å². The van der Waals surface area contributed by atoms with Gasteiger partial charge < -0.3 is 5.32 Å². The van der Waals surface area contributed by atoms with Gasteiger partial charge in [-0.15, -0.1) is 5.10 Å². The van der Waals surface area contributed by atoms with E-state index in [1.807, 2.05) is 0 Å². The maximum absolute atomic E-state index is 11.9. The third-order valence-electron chi connectivity index (χ3n) is 2.96. The summed E-state index contributed by atoms with van der Waals surface area (Å²) in [5.41, 5.74) is 0.794. The Balaban J connectivity index is 2.10. The summed E-state index contributed by atoms with van der Waals surface area (Å²) in [6.45, 7) is 3.50. The average Bonchev–Trinajstić information content (AvgIpc) is 2.84. The highest BCUT2D eigenvalue weighted by atomic mass is 32.2. The Hall–Kier alpha value is -2.22. The van der Waals surface area contributed by atoms with Gasteiger partial charge >= 0.3 is 0 Å². The fraction of sp³-hybridized carbons (Fsp3) is 0.308. The number of aromatic nitrogens is 3. The van der Waals surface area contributed by atoms with Crippen LogP contribution in [0.4, 0.5) is 0 Å². The highest BCUT2D eigenvalue weighted by Gasteiger charge is 2.15. The van der Waals surface area contributed by atoms with Crippen LogP contribution in [0.3, 0.4) is 0 Å². The molecule has 2 rings (SSSR count). The van der Waals surface area contributed by atoms with Crippen LogP contribution in [0.5, 0.6) is 0 Å². The van der Waals surface area contributed by atoms with Crippen molar-refractivity contribution in [2.24, 2.45) is 0 Å². The van der Waals surface area contributed by atoms with Crippen molar-refractivity contribution < 1.29 is 13.2 Å². The lowest BCUT2D eigenvalue weighted by molar-refractivity contribution is 0.0929. The number of carbonyl (C=O) groups excluding carboxylic acids is 1. The van der Waals surface area contributed by atoms with Crippen molar-refractivity contribution in [1.82, 2.24) is 20.5 Å². The highest BCUT2D eigenvalue weighted by molar-refractivity contribution is 7.90. The number of benzene rings is 1. The Morgan fingerprint density at radius 2 is 1.90 bits per heavy atom. The van der Waals surface area contributed by atoms with Crippen LogP contribution < -0.4 is 5.32 Å². The molecule has 1 aromatic heterocycles. The molecule has 0 fully saturated rings. The topological polar surface area (TPSA) is 105 Å². The maximum Gasteiger partial charge on any atom is 0.291 e. The van der Waals surface area contributed by atoms with Gasteiger partial charge in [0.25, 0.3) is 5.91 Å². The third kappa shape index (κ3) is 3.66. The van der Waals surface area contributed by atoms with Crippen molar-refractivity contribution in [3.05, 3.63) is 41.5 Å². The lowest BCUT2D eigenvalue weighted by Crippen LogP contribution is -2.27. The van der Waals surface area contributed by atoms with Crippen LogP contribution in [0.25, 0.3) is 0 Å². The molecule has 0 aliphatic carbocycles. The Morgan fingerprint density at radius 3 is 2.38 bits per heavy atom. The minimum atomic E-state index is -3.22. The molecule has 0 aliphatic rings. The maximum atomic E-state index is 11.9. The van der Waals surface area contributed by atoms with Crippen LogP contribution in [0.15, 0.2) is 29.2 Å². The normalized spacial score (nSPS) is 12.9. The first-order chi connectivity index (χ1) is 9.77. The Labute approximate surface area is 122 Å². The summed E-state index contributed by atoms with van der Waals surface area (Å²) in [5.74, 6) is 0.247. The first kappa shape index (κ1) is 15.2. The molecule has 0 spiro atoms. The van der Waals surface area contributed by atoms with E-state index in [0.29, 0.717) is 5.82 Å². The van der Waals surface area contributed by atoms with Crippen LogP contribution in [-0.2, 0) is 9.84 Å². The van der Waals surface area contributed by atoms with Crippen LogP contribution in [0.2, 0.25) is 0 Å². The average molecular weight is 308 g/mol. The summed E-state index contributed by atoms with van der Waals surface area (Å²) < 4.78 is 22.8. The van der Waals surface area contributed by atoms with Crippen molar-refractivity contribution in [1.29, 1.82) is 0 Å². The van der Waals surface area contributed by atoms with Gasteiger partial charge in [0.15, 0.2) is 9.84 Å². The van der Waals surface area contributed by atoms with Crippen LogP contribution in [0, 0.1) is 6.92 Å². The fourth-order valence-electron chi connectivity index (χ4n) is 1.79. The summed E-state index contributed by atoms with van der Waals surface area (Å²) in [4.78, 5) is 16.1. The minimum Gasteiger partial charge on any atom is -0.343 e. The van der Waals surface area contributed by atoms with Gasteiger partial charge in [-0.3, -0.25) is 9.89 Å². The molecule has 8 heteroatoms. The van der Waals surface area contributed by atoms with E-state index in [2.05, 4.69) is 20.5 Å². The van der Waals surface area contributed by atoms with Crippen LogP contribution in [0.1, 0.15) is 35.0 Å². The van der Waals surface area contributed by atoms with Crippen LogP contribution in [-0.4, -0.2) is 35.8 Å². The van der Waals surface area contributed by atoms with Crippen molar-refractivity contribution in [2.75, 3.05) is 6.26 Å². The highest BCUT2D eigenvalue weighted by Crippen LogP contribution is 2.16. The fourth-order valence-corrected chi connectivity index (χ4v) is 2.42. The van der Waals surface area contributed by atoms with Crippen molar-refractivity contribution in [3.63, 3.8) is 0 Å². The van der Waals surface area contributed by atoms with Gasteiger partial charge in [0.05, 0.1) is 10.9 Å². The molecule has 1 heterocycles. The van der Waals surface area contributed by atoms with E-state index in [1.54, 1.807) is 26.0 Å². The predicted octanol–water partition coefficient (Wildman–Crippen LogP) is 1.01. The van der Waals surface area contributed by atoms with E-state index in [1.165, 1.54) is 12.1 Å². The molecule has 0 saturated carbocycles. The quantitative estimate of drug-likeness (QED) is 0.877. The van der Waals surface area contributed by atoms with Gasteiger partial charge in [0.1, 0.15) is 5.82 Å². The molecule has 112 valence electrons. The van der Waals surface area contributed by atoms with Gasteiger partial charge in [0, 0.05) is 6.26 Å². The summed E-state index contributed by atoms with van der Waals surface area (Å²) in [5, 5.41) is 9.13. The molecule has 0 bridgehead atoms. The number of aromatic amines is 1. The number of carbonyl (C=O) groups is 1. The Morgan fingerprint density at radius 1 is 1.29 bits per heavy atom. The van der Waals surface area contributed by atoms with E-state index in [0.717, 1.165) is 11.8 Å². The molecule has 1 amide bonds. The monoisotopic (exact) mass is 308 g/mol. The van der Waals surface area contributed by atoms with Gasteiger partial charge in [-0.2, -0.15) is 0 Å². The zero-order valence-electron chi connectivity index (χ0n) is 11.9. The molecule has 0 radical (unpaired) electrons. The van der Waals surface area contributed by atoms with Crippen molar-refractivity contribution in [2.45, 2.75) is 24.8 Å².